The molecule has 0 spiro atoms. The fourth-order valence-corrected chi connectivity index (χ4v) is 3.23. The first-order valence-electron chi connectivity index (χ1n) is 9.23. The second kappa shape index (κ2) is 8.52. The summed E-state index contributed by atoms with van der Waals surface area (Å²) in [7, 11) is 0. The number of amides is 3. The van der Waals surface area contributed by atoms with Gasteiger partial charge >= 0.3 is 0 Å². The number of aryl methyl sites for hydroxylation is 1. The zero-order valence-corrected chi connectivity index (χ0v) is 15.9. The number of nitrogens with one attached hydrogen (secondary N) is 2. The SMILES string of the molecule is CCc1ccc(C(=O)NNC(=O)C[C@@H]2c3ccccc3C=CN2C(C)=O)cc1. The van der Waals surface area contributed by atoms with Crippen molar-refractivity contribution in [2.75, 3.05) is 0 Å². The van der Waals surface area contributed by atoms with Gasteiger partial charge in [-0.05, 0) is 41.3 Å². The molecule has 0 bridgehead atoms. The Hall–Kier alpha value is -3.41. The van der Waals surface area contributed by atoms with Gasteiger partial charge in [0, 0.05) is 18.7 Å². The van der Waals surface area contributed by atoms with Crippen LogP contribution in [0.25, 0.3) is 6.08 Å². The van der Waals surface area contributed by atoms with Crippen molar-refractivity contribution in [2.24, 2.45) is 0 Å². The van der Waals surface area contributed by atoms with Crippen molar-refractivity contribution in [3.05, 3.63) is 77.0 Å². The van der Waals surface area contributed by atoms with Crippen LogP contribution in [0.2, 0.25) is 0 Å². The Bertz CT molecular complexity index is 919. The molecular formula is C22H23N3O3. The van der Waals surface area contributed by atoms with E-state index in [9.17, 15) is 14.4 Å². The highest BCUT2D eigenvalue weighted by Crippen LogP contribution is 2.32. The molecule has 0 radical (unpaired) electrons. The maximum Gasteiger partial charge on any atom is 0.269 e. The maximum atomic E-state index is 12.4. The Balaban J connectivity index is 1.65. The van der Waals surface area contributed by atoms with E-state index in [0.29, 0.717) is 5.56 Å². The van der Waals surface area contributed by atoms with E-state index < -0.39 is 6.04 Å². The summed E-state index contributed by atoms with van der Waals surface area (Å²) in [6.45, 7) is 3.50. The van der Waals surface area contributed by atoms with E-state index >= 15 is 0 Å². The lowest BCUT2D eigenvalue weighted by Gasteiger charge is -2.32. The van der Waals surface area contributed by atoms with E-state index in [1.54, 1.807) is 18.3 Å². The molecule has 1 heterocycles. The quantitative estimate of drug-likeness (QED) is 0.804. The number of carbonyl (C=O) groups is 3. The van der Waals surface area contributed by atoms with Crippen molar-refractivity contribution in [3.8, 4) is 0 Å². The maximum absolute atomic E-state index is 12.4. The third-order valence-corrected chi connectivity index (χ3v) is 4.79. The molecule has 6 nitrogen and oxygen atoms in total. The van der Waals surface area contributed by atoms with Crippen LogP contribution in [0.15, 0.2) is 54.7 Å². The van der Waals surface area contributed by atoms with Gasteiger partial charge in [-0.2, -0.15) is 0 Å². The average molecular weight is 377 g/mol. The van der Waals surface area contributed by atoms with E-state index in [0.717, 1.165) is 23.1 Å². The van der Waals surface area contributed by atoms with Crippen molar-refractivity contribution >= 4 is 23.8 Å². The highest BCUT2D eigenvalue weighted by molar-refractivity contribution is 5.95. The first kappa shape index (κ1) is 19.4. The van der Waals surface area contributed by atoms with Crippen LogP contribution in [0.4, 0.5) is 0 Å². The largest absolute Gasteiger partial charge is 0.311 e. The minimum atomic E-state index is -0.417. The molecule has 0 fully saturated rings. The van der Waals surface area contributed by atoms with Gasteiger partial charge in [-0.25, -0.2) is 0 Å². The monoisotopic (exact) mass is 377 g/mol. The summed E-state index contributed by atoms with van der Waals surface area (Å²) in [5, 5.41) is 0. The standard InChI is InChI=1S/C22H23N3O3/c1-3-16-8-10-18(11-9-16)22(28)24-23-21(27)14-20-19-7-5-4-6-17(19)12-13-25(20)15(2)26/h4-13,20H,3,14H2,1-2H3,(H,23,27)(H,24,28)/t20-/m1/s1. The van der Waals surface area contributed by atoms with Gasteiger partial charge in [0.05, 0.1) is 12.5 Å². The first-order chi connectivity index (χ1) is 13.5. The van der Waals surface area contributed by atoms with Crippen molar-refractivity contribution in [1.29, 1.82) is 0 Å². The Morgan fingerprint density at radius 3 is 2.39 bits per heavy atom. The van der Waals surface area contributed by atoms with Crippen molar-refractivity contribution in [3.63, 3.8) is 0 Å². The molecule has 2 aromatic rings. The molecule has 2 aromatic carbocycles. The van der Waals surface area contributed by atoms with Crippen LogP contribution in [-0.4, -0.2) is 22.6 Å². The molecule has 3 amide bonds. The fraction of sp³-hybridized carbons (Fsp3) is 0.227. The molecule has 1 aliphatic heterocycles. The van der Waals surface area contributed by atoms with Crippen LogP contribution in [0.1, 0.15) is 53.4 Å². The number of hydrogen-bond donors (Lipinski definition) is 2. The summed E-state index contributed by atoms with van der Waals surface area (Å²) in [5.41, 5.74) is 8.35. The molecule has 2 N–H and O–H groups in total. The topological polar surface area (TPSA) is 78.5 Å². The molecule has 0 saturated heterocycles. The average Bonchev–Trinajstić information content (AvgIpc) is 2.72. The van der Waals surface area contributed by atoms with E-state index in [2.05, 4.69) is 10.9 Å². The van der Waals surface area contributed by atoms with Gasteiger partial charge < -0.3 is 4.90 Å². The lowest BCUT2D eigenvalue weighted by molar-refractivity contribution is -0.130. The Morgan fingerprint density at radius 2 is 1.71 bits per heavy atom. The van der Waals surface area contributed by atoms with Gasteiger partial charge in [0.2, 0.25) is 11.8 Å². The lowest BCUT2D eigenvalue weighted by Crippen LogP contribution is -2.43. The van der Waals surface area contributed by atoms with Crippen LogP contribution in [0.3, 0.4) is 0 Å². The summed E-state index contributed by atoms with van der Waals surface area (Å²) >= 11 is 0. The van der Waals surface area contributed by atoms with Gasteiger partial charge in [0.25, 0.3) is 5.91 Å². The first-order valence-corrected chi connectivity index (χ1v) is 9.23. The highest BCUT2D eigenvalue weighted by atomic mass is 16.2. The zero-order chi connectivity index (χ0) is 20.1. The number of rotatable bonds is 4. The molecule has 3 rings (SSSR count). The zero-order valence-electron chi connectivity index (χ0n) is 15.9. The smallest absolute Gasteiger partial charge is 0.269 e. The molecule has 6 heteroatoms. The molecule has 0 aromatic heterocycles. The van der Waals surface area contributed by atoms with Crippen molar-refractivity contribution < 1.29 is 14.4 Å². The van der Waals surface area contributed by atoms with E-state index in [4.69, 9.17) is 0 Å². The highest BCUT2D eigenvalue weighted by Gasteiger charge is 2.28. The number of benzene rings is 2. The lowest BCUT2D eigenvalue weighted by atomic mass is 9.93. The number of hydrazine groups is 1. The van der Waals surface area contributed by atoms with Crippen LogP contribution in [0, 0.1) is 0 Å². The van der Waals surface area contributed by atoms with Gasteiger partial charge in [-0.3, -0.25) is 25.2 Å². The van der Waals surface area contributed by atoms with Crippen LogP contribution in [-0.2, 0) is 16.0 Å². The normalized spacial score (nSPS) is 14.9. The van der Waals surface area contributed by atoms with Crippen molar-refractivity contribution in [2.45, 2.75) is 32.7 Å². The predicted octanol–water partition coefficient (Wildman–Crippen LogP) is 2.97. The van der Waals surface area contributed by atoms with Crippen LogP contribution >= 0.6 is 0 Å². The minimum Gasteiger partial charge on any atom is -0.311 e. The molecule has 28 heavy (non-hydrogen) atoms. The second-order valence-corrected chi connectivity index (χ2v) is 6.64. The number of carbonyl (C=O) groups excluding carboxylic acids is 3. The summed E-state index contributed by atoms with van der Waals surface area (Å²) in [6, 6.07) is 14.4. The van der Waals surface area contributed by atoms with E-state index in [-0.39, 0.29) is 24.1 Å². The number of nitrogens with zero attached hydrogens (tertiary/aromatic N) is 1. The summed E-state index contributed by atoms with van der Waals surface area (Å²) in [4.78, 5) is 38.2. The molecule has 144 valence electrons. The molecule has 0 unspecified atom stereocenters. The number of hydrogen-bond acceptors (Lipinski definition) is 3. The Labute approximate surface area is 164 Å². The summed E-state index contributed by atoms with van der Waals surface area (Å²) in [6.07, 6.45) is 4.47. The Kier molecular flexibility index (Phi) is 5.89. The second-order valence-electron chi connectivity index (χ2n) is 6.64. The third-order valence-electron chi connectivity index (χ3n) is 4.79. The third kappa shape index (κ3) is 4.28. The van der Waals surface area contributed by atoms with Gasteiger partial charge in [0.1, 0.15) is 0 Å². The number of fused-ring (bicyclic) bond motifs is 1. The van der Waals surface area contributed by atoms with E-state index in [1.165, 1.54) is 11.8 Å². The molecule has 0 saturated carbocycles. The van der Waals surface area contributed by atoms with Gasteiger partial charge in [-0.15, -0.1) is 0 Å². The summed E-state index contributed by atoms with van der Waals surface area (Å²) < 4.78 is 0. The minimum absolute atomic E-state index is 0.0377. The molecular weight excluding hydrogens is 354 g/mol. The van der Waals surface area contributed by atoms with Gasteiger partial charge in [-0.1, -0.05) is 43.3 Å². The molecule has 0 aliphatic carbocycles. The molecule has 1 aliphatic rings. The predicted molar refractivity (Wildman–Crippen MR) is 107 cm³/mol. The molecule has 1 atom stereocenters. The fourth-order valence-electron chi connectivity index (χ4n) is 3.23. The van der Waals surface area contributed by atoms with Crippen LogP contribution < -0.4 is 10.9 Å². The summed E-state index contributed by atoms with van der Waals surface area (Å²) in [5.74, 6) is -0.910. The Morgan fingerprint density at radius 1 is 1.00 bits per heavy atom. The van der Waals surface area contributed by atoms with E-state index in [1.807, 2.05) is 49.4 Å². The van der Waals surface area contributed by atoms with Gasteiger partial charge in [0.15, 0.2) is 0 Å². The van der Waals surface area contributed by atoms with Crippen LogP contribution in [0.5, 0.6) is 0 Å². The van der Waals surface area contributed by atoms with Crippen molar-refractivity contribution in [1.82, 2.24) is 15.8 Å².